The Morgan fingerprint density at radius 2 is 1.92 bits per heavy atom. The monoisotopic (exact) mass is 338 g/mol. The SMILES string of the molecule is CN(Cc1cc(-c2ccccc2)n[nH]1)C(=O)CSc1ccncc1. The number of hydrogen-bond donors (Lipinski definition) is 1. The normalized spacial score (nSPS) is 10.5. The lowest BCUT2D eigenvalue weighted by Crippen LogP contribution is -2.27. The maximum absolute atomic E-state index is 12.3. The van der Waals surface area contributed by atoms with E-state index >= 15 is 0 Å². The molecule has 0 radical (unpaired) electrons. The van der Waals surface area contributed by atoms with E-state index < -0.39 is 0 Å². The van der Waals surface area contributed by atoms with Crippen LogP contribution in [0.4, 0.5) is 0 Å². The fourth-order valence-electron chi connectivity index (χ4n) is 2.23. The van der Waals surface area contributed by atoms with Gasteiger partial charge in [0, 0.05) is 29.9 Å². The second-order valence-corrected chi connectivity index (χ2v) is 6.41. The van der Waals surface area contributed by atoms with E-state index in [-0.39, 0.29) is 5.91 Å². The molecule has 1 amide bonds. The molecule has 0 fully saturated rings. The molecule has 0 saturated heterocycles. The molecule has 0 saturated carbocycles. The van der Waals surface area contributed by atoms with Crippen molar-refractivity contribution in [2.45, 2.75) is 11.4 Å². The van der Waals surface area contributed by atoms with Gasteiger partial charge in [0.15, 0.2) is 0 Å². The lowest BCUT2D eigenvalue weighted by molar-refractivity contribution is -0.127. The molecule has 0 atom stereocenters. The molecule has 0 aliphatic heterocycles. The van der Waals surface area contributed by atoms with Gasteiger partial charge in [-0.2, -0.15) is 5.10 Å². The second-order valence-electron chi connectivity index (χ2n) is 5.37. The van der Waals surface area contributed by atoms with Gasteiger partial charge in [-0.1, -0.05) is 30.3 Å². The third-order valence-corrected chi connectivity index (χ3v) is 4.54. The number of rotatable bonds is 6. The van der Waals surface area contributed by atoms with Crippen molar-refractivity contribution in [1.82, 2.24) is 20.1 Å². The lowest BCUT2D eigenvalue weighted by atomic mass is 10.1. The quantitative estimate of drug-likeness (QED) is 0.701. The predicted octanol–water partition coefficient (Wildman–Crippen LogP) is 3.22. The van der Waals surface area contributed by atoms with Crippen LogP contribution < -0.4 is 0 Å². The van der Waals surface area contributed by atoms with Crippen LogP contribution in [0.1, 0.15) is 5.69 Å². The van der Waals surface area contributed by atoms with E-state index in [0.717, 1.165) is 21.8 Å². The molecule has 1 N–H and O–H groups in total. The molecular formula is C18H18N4OS. The molecule has 0 spiro atoms. The predicted molar refractivity (Wildman–Crippen MR) is 95.5 cm³/mol. The van der Waals surface area contributed by atoms with E-state index in [4.69, 9.17) is 0 Å². The summed E-state index contributed by atoms with van der Waals surface area (Å²) in [7, 11) is 1.80. The van der Waals surface area contributed by atoms with Gasteiger partial charge in [-0.15, -0.1) is 11.8 Å². The summed E-state index contributed by atoms with van der Waals surface area (Å²) in [6.45, 7) is 0.509. The number of H-pyrrole nitrogens is 1. The van der Waals surface area contributed by atoms with Crippen LogP contribution in [0.25, 0.3) is 11.3 Å². The molecule has 2 heterocycles. The summed E-state index contributed by atoms with van der Waals surface area (Å²) in [5.41, 5.74) is 2.86. The average Bonchev–Trinajstić information content (AvgIpc) is 3.10. The van der Waals surface area contributed by atoms with Crippen molar-refractivity contribution in [1.29, 1.82) is 0 Å². The summed E-state index contributed by atoms with van der Waals surface area (Å²) in [4.78, 5) is 19.0. The van der Waals surface area contributed by atoms with Crippen molar-refractivity contribution in [2.75, 3.05) is 12.8 Å². The molecule has 0 bridgehead atoms. The van der Waals surface area contributed by atoms with Gasteiger partial charge in [0.2, 0.25) is 5.91 Å². The summed E-state index contributed by atoms with van der Waals surface area (Å²) in [5.74, 6) is 0.480. The Balaban J connectivity index is 1.55. The van der Waals surface area contributed by atoms with Crippen molar-refractivity contribution in [3.63, 3.8) is 0 Å². The first-order chi connectivity index (χ1) is 11.7. The van der Waals surface area contributed by atoms with E-state index in [1.807, 2.05) is 48.5 Å². The lowest BCUT2D eigenvalue weighted by Gasteiger charge is -2.15. The molecule has 3 aromatic rings. The second kappa shape index (κ2) is 7.79. The number of benzene rings is 1. The Morgan fingerprint density at radius 3 is 2.67 bits per heavy atom. The summed E-state index contributed by atoms with van der Waals surface area (Å²) >= 11 is 1.51. The first kappa shape index (κ1) is 16.3. The van der Waals surface area contributed by atoms with E-state index in [1.165, 1.54) is 11.8 Å². The Hall–Kier alpha value is -2.60. The minimum Gasteiger partial charge on any atom is -0.339 e. The van der Waals surface area contributed by atoms with Gasteiger partial charge in [0.1, 0.15) is 0 Å². The number of pyridine rings is 1. The van der Waals surface area contributed by atoms with E-state index in [9.17, 15) is 4.79 Å². The molecule has 0 aliphatic rings. The highest BCUT2D eigenvalue weighted by Crippen LogP contribution is 2.19. The van der Waals surface area contributed by atoms with Crippen molar-refractivity contribution in [3.8, 4) is 11.3 Å². The number of carbonyl (C=O) groups is 1. The number of carbonyl (C=O) groups excluding carboxylic acids is 1. The Morgan fingerprint density at radius 1 is 1.17 bits per heavy atom. The van der Waals surface area contributed by atoms with E-state index in [1.54, 1.807) is 24.3 Å². The molecule has 5 nitrogen and oxygen atoms in total. The van der Waals surface area contributed by atoms with Gasteiger partial charge in [-0.3, -0.25) is 14.9 Å². The van der Waals surface area contributed by atoms with Gasteiger partial charge in [0.25, 0.3) is 0 Å². The van der Waals surface area contributed by atoms with Gasteiger partial charge < -0.3 is 4.90 Å². The molecule has 0 aliphatic carbocycles. The van der Waals surface area contributed by atoms with Crippen molar-refractivity contribution in [2.24, 2.45) is 0 Å². The molecule has 24 heavy (non-hydrogen) atoms. The maximum Gasteiger partial charge on any atom is 0.233 e. The van der Waals surface area contributed by atoms with Gasteiger partial charge >= 0.3 is 0 Å². The van der Waals surface area contributed by atoms with Crippen molar-refractivity contribution < 1.29 is 4.79 Å². The Labute approximate surface area is 145 Å². The minimum atomic E-state index is 0.0765. The standard InChI is InChI=1S/C18H18N4OS/c1-22(18(23)13-24-16-7-9-19-10-8-16)12-15-11-17(21-20-15)14-5-3-2-4-6-14/h2-11H,12-13H2,1H3,(H,20,21). The zero-order valence-electron chi connectivity index (χ0n) is 13.3. The molecule has 0 unspecified atom stereocenters. The highest BCUT2D eigenvalue weighted by molar-refractivity contribution is 8.00. The van der Waals surface area contributed by atoms with Crippen LogP contribution >= 0.6 is 11.8 Å². The number of amides is 1. The number of nitrogens with zero attached hydrogens (tertiary/aromatic N) is 3. The molecule has 3 rings (SSSR count). The van der Waals surface area contributed by atoms with Crippen LogP contribution in [0.3, 0.4) is 0 Å². The third-order valence-electron chi connectivity index (χ3n) is 3.55. The topological polar surface area (TPSA) is 61.9 Å². The van der Waals surface area contributed by atoms with Gasteiger partial charge in [-0.25, -0.2) is 0 Å². The smallest absolute Gasteiger partial charge is 0.233 e. The van der Waals surface area contributed by atoms with Crippen LogP contribution in [-0.4, -0.2) is 38.8 Å². The number of aromatic amines is 1. The highest BCUT2D eigenvalue weighted by atomic mass is 32.2. The average molecular weight is 338 g/mol. The molecular weight excluding hydrogens is 320 g/mol. The Kier molecular flexibility index (Phi) is 5.28. The van der Waals surface area contributed by atoms with Crippen LogP contribution in [0, 0.1) is 0 Å². The summed E-state index contributed by atoms with van der Waals surface area (Å²) in [6, 6.07) is 15.8. The fourth-order valence-corrected chi connectivity index (χ4v) is 3.06. The summed E-state index contributed by atoms with van der Waals surface area (Å²) in [6.07, 6.45) is 3.46. The summed E-state index contributed by atoms with van der Waals surface area (Å²) in [5, 5.41) is 7.32. The number of aromatic nitrogens is 3. The zero-order valence-corrected chi connectivity index (χ0v) is 14.2. The van der Waals surface area contributed by atoms with Crippen molar-refractivity contribution >= 4 is 17.7 Å². The molecule has 6 heteroatoms. The van der Waals surface area contributed by atoms with Gasteiger partial charge in [0.05, 0.1) is 23.7 Å². The zero-order chi connectivity index (χ0) is 16.8. The maximum atomic E-state index is 12.3. The van der Waals surface area contributed by atoms with Crippen LogP contribution in [0.15, 0.2) is 65.8 Å². The minimum absolute atomic E-state index is 0.0765. The number of hydrogen-bond acceptors (Lipinski definition) is 4. The molecule has 122 valence electrons. The Bertz CT molecular complexity index is 789. The first-order valence-electron chi connectivity index (χ1n) is 7.59. The first-order valence-corrected chi connectivity index (χ1v) is 8.57. The van der Waals surface area contributed by atoms with Crippen LogP contribution in [0.2, 0.25) is 0 Å². The summed E-state index contributed by atoms with van der Waals surface area (Å²) < 4.78 is 0. The number of thioether (sulfide) groups is 1. The van der Waals surface area contributed by atoms with Crippen LogP contribution in [0.5, 0.6) is 0 Å². The molecule has 1 aromatic carbocycles. The largest absolute Gasteiger partial charge is 0.339 e. The van der Waals surface area contributed by atoms with E-state index in [2.05, 4.69) is 15.2 Å². The van der Waals surface area contributed by atoms with Crippen LogP contribution in [-0.2, 0) is 11.3 Å². The number of nitrogens with one attached hydrogen (secondary N) is 1. The third kappa shape index (κ3) is 4.23. The highest BCUT2D eigenvalue weighted by Gasteiger charge is 2.12. The van der Waals surface area contributed by atoms with Crippen molar-refractivity contribution in [3.05, 3.63) is 66.6 Å². The van der Waals surface area contributed by atoms with E-state index in [0.29, 0.717) is 12.3 Å². The fraction of sp³-hybridized carbons (Fsp3) is 0.167. The van der Waals surface area contributed by atoms with Gasteiger partial charge in [-0.05, 0) is 18.2 Å². The molecule has 2 aromatic heterocycles.